The van der Waals surface area contributed by atoms with E-state index < -0.39 is 23.0 Å². The molecular formula is C16H26O5. The first-order valence-electron chi connectivity index (χ1n) is 7.79. The van der Waals surface area contributed by atoms with Gasteiger partial charge in [-0.15, -0.1) is 0 Å². The Kier molecular flexibility index (Phi) is 6.24. The zero-order chi connectivity index (χ0) is 15.9. The fourth-order valence-corrected chi connectivity index (χ4v) is 3.05. The van der Waals surface area contributed by atoms with Gasteiger partial charge in [-0.2, -0.15) is 0 Å². The summed E-state index contributed by atoms with van der Waals surface area (Å²) in [6.07, 6.45) is 8.19. The molecule has 0 saturated carbocycles. The van der Waals surface area contributed by atoms with E-state index in [1.165, 1.54) is 12.3 Å². The van der Waals surface area contributed by atoms with Crippen LogP contribution >= 0.6 is 0 Å². The highest BCUT2D eigenvalue weighted by Gasteiger charge is 2.64. The highest BCUT2D eigenvalue weighted by molar-refractivity contribution is 5.91. The first-order chi connectivity index (χ1) is 9.97. The molecule has 1 aliphatic heterocycles. The standard InChI is InChI=1S/C16H26O5/c1-3-5-7-9-15(13(17)18)11-12-21-16(15,14(19)20)10-8-6-4-2/h11-12H,3-10H2,1-2H3,(H,17,18)(H,19,20). The summed E-state index contributed by atoms with van der Waals surface area (Å²) in [7, 11) is 0. The Balaban J connectivity index is 3.07. The number of carboxylic acid groups (broad SMARTS) is 2. The number of aliphatic carboxylic acids is 2. The topological polar surface area (TPSA) is 83.8 Å². The highest BCUT2D eigenvalue weighted by Crippen LogP contribution is 2.49. The van der Waals surface area contributed by atoms with Crippen LogP contribution in [0.5, 0.6) is 0 Å². The predicted octanol–water partition coefficient (Wildman–Crippen LogP) is 3.59. The van der Waals surface area contributed by atoms with E-state index in [1.54, 1.807) is 0 Å². The van der Waals surface area contributed by atoms with Gasteiger partial charge in [0.1, 0.15) is 5.41 Å². The number of hydrogen-bond acceptors (Lipinski definition) is 3. The molecule has 120 valence electrons. The summed E-state index contributed by atoms with van der Waals surface area (Å²) in [5, 5.41) is 19.4. The van der Waals surface area contributed by atoms with Crippen molar-refractivity contribution in [2.45, 2.75) is 70.8 Å². The second-order valence-corrected chi connectivity index (χ2v) is 5.74. The maximum Gasteiger partial charge on any atom is 0.349 e. The first-order valence-corrected chi connectivity index (χ1v) is 7.79. The molecule has 1 heterocycles. The second-order valence-electron chi connectivity index (χ2n) is 5.74. The molecule has 0 aromatic rings. The van der Waals surface area contributed by atoms with Gasteiger partial charge >= 0.3 is 11.9 Å². The van der Waals surface area contributed by atoms with Crippen LogP contribution in [0.1, 0.15) is 65.2 Å². The van der Waals surface area contributed by atoms with Crippen molar-refractivity contribution in [2.75, 3.05) is 0 Å². The third-order valence-corrected chi connectivity index (χ3v) is 4.38. The molecule has 1 aliphatic rings. The molecular weight excluding hydrogens is 272 g/mol. The minimum absolute atomic E-state index is 0.224. The lowest BCUT2D eigenvalue weighted by Crippen LogP contribution is -2.56. The predicted molar refractivity (Wildman–Crippen MR) is 78.9 cm³/mol. The smallest absolute Gasteiger partial charge is 0.349 e. The Hall–Kier alpha value is -1.52. The Labute approximate surface area is 126 Å². The van der Waals surface area contributed by atoms with Gasteiger partial charge in [0, 0.05) is 0 Å². The van der Waals surface area contributed by atoms with E-state index >= 15 is 0 Å². The number of carbonyl (C=O) groups is 2. The van der Waals surface area contributed by atoms with Gasteiger partial charge < -0.3 is 14.9 Å². The molecule has 2 N–H and O–H groups in total. The van der Waals surface area contributed by atoms with E-state index in [4.69, 9.17) is 4.74 Å². The van der Waals surface area contributed by atoms with Crippen LogP contribution in [0, 0.1) is 5.41 Å². The lowest BCUT2D eigenvalue weighted by molar-refractivity contribution is -0.181. The van der Waals surface area contributed by atoms with Crippen molar-refractivity contribution in [1.82, 2.24) is 0 Å². The van der Waals surface area contributed by atoms with Gasteiger partial charge in [-0.25, -0.2) is 4.79 Å². The third kappa shape index (κ3) is 3.22. The van der Waals surface area contributed by atoms with Gasteiger partial charge in [-0.3, -0.25) is 4.79 Å². The summed E-state index contributed by atoms with van der Waals surface area (Å²) < 4.78 is 5.40. The number of unbranched alkanes of at least 4 members (excludes halogenated alkanes) is 4. The van der Waals surface area contributed by atoms with E-state index in [0.717, 1.165) is 25.7 Å². The molecule has 21 heavy (non-hydrogen) atoms. The molecule has 0 bridgehead atoms. The summed E-state index contributed by atoms with van der Waals surface area (Å²) >= 11 is 0. The van der Waals surface area contributed by atoms with Gasteiger partial charge in [0.2, 0.25) is 5.60 Å². The number of ether oxygens (including phenoxy) is 1. The van der Waals surface area contributed by atoms with Crippen LogP contribution in [0.25, 0.3) is 0 Å². The average Bonchev–Trinajstić information content (AvgIpc) is 2.81. The average molecular weight is 298 g/mol. The fourth-order valence-electron chi connectivity index (χ4n) is 3.05. The van der Waals surface area contributed by atoms with Crippen molar-refractivity contribution >= 4 is 11.9 Å². The summed E-state index contributed by atoms with van der Waals surface area (Å²) in [6, 6.07) is 0. The van der Waals surface area contributed by atoms with Crippen molar-refractivity contribution in [2.24, 2.45) is 5.41 Å². The van der Waals surface area contributed by atoms with Crippen molar-refractivity contribution in [1.29, 1.82) is 0 Å². The second kappa shape index (κ2) is 7.48. The molecule has 2 atom stereocenters. The van der Waals surface area contributed by atoms with E-state index in [-0.39, 0.29) is 6.42 Å². The van der Waals surface area contributed by atoms with Crippen molar-refractivity contribution in [3.8, 4) is 0 Å². The molecule has 2 unspecified atom stereocenters. The van der Waals surface area contributed by atoms with Crippen LogP contribution in [-0.2, 0) is 14.3 Å². The quantitative estimate of drug-likeness (QED) is 0.602. The van der Waals surface area contributed by atoms with E-state index in [2.05, 4.69) is 0 Å². The maximum atomic E-state index is 11.9. The van der Waals surface area contributed by atoms with Gasteiger partial charge in [-0.05, 0) is 25.3 Å². The Morgan fingerprint density at radius 2 is 1.52 bits per heavy atom. The van der Waals surface area contributed by atoms with Gasteiger partial charge in [0.05, 0.1) is 6.26 Å². The number of carboxylic acids is 2. The van der Waals surface area contributed by atoms with Gasteiger partial charge in [0.25, 0.3) is 0 Å². The zero-order valence-corrected chi connectivity index (χ0v) is 12.9. The molecule has 0 aromatic heterocycles. The SMILES string of the molecule is CCCCCC1(C(=O)O)C=COC1(CCCCC)C(=O)O. The molecule has 0 radical (unpaired) electrons. The lowest BCUT2D eigenvalue weighted by atomic mass is 9.67. The monoisotopic (exact) mass is 298 g/mol. The largest absolute Gasteiger partial charge is 0.482 e. The fraction of sp³-hybridized carbons (Fsp3) is 0.750. The molecule has 0 amide bonds. The lowest BCUT2D eigenvalue weighted by Gasteiger charge is -2.38. The van der Waals surface area contributed by atoms with Crippen LogP contribution in [0.3, 0.4) is 0 Å². The molecule has 0 aromatic carbocycles. The third-order valence-electron chi connectivity index (χ3n) is 4.38. The zero-order valence-electron chi connectivity index (χ0n) is 12.9. The van der Waals surface area contributed by atoms with Crippen LogP contribution < -0.4 is 0 Å². The van der Waals surface area contributed by atoms with Crippen molar-refractivity contribution in [3.05, 3.63) is 12.3 Å². The number of hydrogen-bond donors (Lipinski definition) is 2. The molecule has 0 spiro atoms. The Morgan fingerprint density at radius 3 is 2.00 bits per heavy atom. The molecule has 5 nitrogen and oxygen atoms in total. The van der Waals surface area contributed by atoms with E-state index in [9.17, 15) is 19.8 Å². The minimum atomic E-state index is -1.66. The normalized spacial score (nSPS) is 27.5. The van der Waals surface area contributed by atoms with Crippen LogP contribution in [0.4, 0.5) is 0 Å². The Bertz CT molecular complexity index is 403. The molecule has 1 rings (SSSR count). The highest BCUT2D eigenvalue weighted by atomic mass is 16.5. The van der Waals surface area contributed by atoms with Gasteiger partial charge in [0.15, 0.2) is 0 Å². The van der Waals surface area contributed by atoms with E-state index in [0.29, 0.717) is 19.3 Å². The van der Waals surface area contributed by atoms with Crippen molar-refractivity contribution < 1.29 is 24.5 Å². The maximum absolute atomic E-state index is 11.9. The minimum Gasteiger partial charge on any atom is -0.482 e. The summed E-state index contributed by atoms with van der Waals surface area (Å²) in [6.45, 7) is 4.05. The van der Waals surface area contributed by atoms with E-state index in [1.807, 2.05) is 13.8 Å². The van der Waals surface area contributed by atoms with Crippen LogP contribution in [0.2, 0.25) is 0 Å². The molecule has 5 heteroatoms. The summed E-state index contributed by atoms with van der Waals surface area (Å²) in [4.78, 5) is 23.7. The van der Waals surface area contributed by atoms with Crippen LogP contribution in [-0.4, -0.2) is 27.8 Å². The van der Waals surface area contributed by atoms with Crippen LogP contribution in [0.15, 0.2) is 12.3 Å². The molecule has 0 aliphatic carbocycles. The number of rotatable bonds is 10. The van der Waals surface area contributed by atoms with Gasteiger partial charge in [-0.1, -0.05) is 46.0 Å². The molecule has 0 saturated heterocycles. The summed E-state index contributed by atoms with van der Waals surface area (Å²) in [5.74, 6) is -2.28. The molecule has 0 fully saturated rings. The summed E-state index contributed by atoms with van der Waals surface area (Å²) in [5.41, 5.74) is -3.12. The Morgan fingerprint density at radius 1 is 0.952 bits per heavy atom. The van der Waals surface area contributed by atoms with Crippen molar-refractivity contribution in [3.63, 3.8) is 0 Å². The first kappa shape index (κ1) is 17.5.